The number of aromatic nitrogens is 1. The van der Waals surface area contributed by atoms with Gasteiger partial charge in [0.15, 0.2) is 0 Å². The van der Waals surface area contributed by atoms with Gasteiger partial charge < -0.3 is 10.1 Å². The van der Waals surface area contributed by atoms with Gasteiger partial charge in [-0.25, -0.2) is 4.98 Å². The molecule has 0 aliphatic carbocycles. The first-order valence-electron chi connectivity index (χ1n) is 7.49. The lowest BCUT2D eigenvalue weighted by molar-refractivity contribution is -0.274. The van der Waals surface area contributed by atoms with Crippen LogP contribution in [0.5, 0.6) is 5.75 Å². The van der Waals surface area contributed by atoms with Gasteiger partial charge in [0, 0.05) is 17.5 Å². The third-order valence-corrected chi connectivity index (χ3v) is 4.96. The smallest absolute Gasteiger partial charge is 0.406 e. The Morgan fingerprint density at radius 1 is 1.26 bits per heavy atom. The molecule has 0 bridgehead atoms. The molecule has 3 rings (SSSR count). The number of nitrogens with one attached hydrogen (secondary N) is 1. The maximum Gasteiger partial charge on any atom is 0.573 e. The predicted molar refractivity (Wildman–Crippen MR) is 82.9 cm³/mol. The third kappa shape index (κ3) is 4.68. The summed E-state index contributed by atoms with van der Waals surface area (Å²) in [4.78, 5) is 5.69. The number of alkyl halides is 3. The molecule has 1 aliphatic rings. The molecule has 1 aromatic carbocycles. The van der Waals surface area contributed by atoms with Crippen LogP contribution in [0.2, 0.25) is 0 Å². The lowest BCUT2D eigenvalue weighted by atomic mass is 9.97. The van der Waals surface area contributed by atoms with Crippen LogP contribution in [0, 0.1) is 0 Å². The van der Waals surface area contributed by atoms with Crippen molar-refractivity contribution in [1.29, 1.82) is 0 Å². The zero-order chi connectivity index (χ0) is 16.3. The zero-order valence-electron chi connectivity index (χ0n) is 12.4. The fourth-order valence-electron chi connectivity index (χ4n) is 2.73. The van der Waals surface area contributed by atoms with Crippen molar-refractivity contribution >= 4 is 11.3 Å². The second kappa shape index (κ2) is 6.88. The fraction of sp³-hybridized carbons (Fsp3) is 0.438. The van der Waals surface area contributed by atoms with Crippen molar-refractivity contribution in [2.24, 2.45) is 0 Å². The molecule has 1 aromatic heterocycles. The van der Waals surface area contributed by atoms with Gasteiger partial charge in [-0.3, -0.25) is 0 Å². The van der Waals surface area contributed by atoms with Gasteiger partial charge in [0.2, 0.25) is 0 Å². The molecule has 1 N–H and O–H groups in total. The van der Waals surface area contributed by atoms with E-state index in [9.17, 15) is 13.2 Å². The second-order valence-corrected chi connectivity index (χ2v) is 6.70. The average Bonchev–Trinajstić information content (AvgIpc) is 2.95. The van der Waals surface area contributed by atoms with Crippen molar-refractivity contribution in [1.82, 2.24) is 10.3 Å². The first-order chi connectivity index (χ1) is 11.0. The van der Waals surface area contributed by atoms with Crippen LogP contribution in [0.4, 0.5) is 13.2 Å². The molecule has 2 heterocycles. The van der Waals surface area contributed by atoms with Crippen LogP contribution in [0.15, 0.2) is 30.5 Å². The summed E-state index contributed by atoms with van der Waals surface area (Å²) in [5.74, 6) is 0.354. The Hall–Kier alpha value is -1.60. The molecule has 0 amide bonds. The number of halogens is 3. The molecule has 124 valence electrons. The summed E-state index contributed by atoms with van der Waals surface area (Å²) >= 11 is 1.65. The van der Waals surface area contributed by atoms with Gasteiger partial charge in [-0.1, -0.05) is 12.1 Å². The van der Waals surface area contributed by atoms with Crippen LogP contribution >= 0.6 is 11.3 Å². The molecule has 23 heavy (non-hydrogen) atoms. The topological polar surface area (TPSA) is 34.1 Å². The largest absolute Gasteiger partial charge is 0.573 e. The highest BCUT2D eigenvalue weighted by atomic mass is 32.1. The van der Waals surface area contributed by atoms with Crippen LogP contribution in [-0.4, -0.2) is 24.4 Å². The summed E-state index contributed by atoms with van der Waals surface area (Å²) in [7, 11) is 0. The Morgan fingerprint density at radius 2 is 2.04 bits per heavy atom. The Morgan fingerprint density at radius 3 is 2.78 bits per heavy atom. The molecule has 7 heteroatoms. The van der Waals surface area contributed by atoms with E-state index in [0.717, 1.165) is 36.5 Å². The van der Waals surface area contributed by atoms with Crippen molar-refractivity contribution in [2.75, 3.05) is 13.1 Å². The number of benzene rings is 1. The summed E-state index contributed by atoms with van der Waals surface area (Å²) in [6, 6.07) is 6.07. The van der Waals surface area contributed by atoms with E-state index >= 15 is 0 Å². The molecule has 2 aromatic rings. The lowest BCUT2D eigenvalue weighted by Crippen LogP contribution is -2.26. The van der Waals surface area contributed by atoms with E-state index in [2.05, 4.69) is 15.0 Å². The fourth-order valence-corrected chi connectivity index (χ4v) is 3.85. The van der Waals surface area contributed by atoms with E-state index in [1.165, 1.54) is 17.0 Å². The van der Waals surface area contributed by atoms with Crippen molar-refractivity contribution in [3.8, 4) is 5.75 Å². The number of thiazole rings is 1. The minimum Gasteiger partial charge on any atom is -0.406 e. The summed E-state index contributed by atoms with van der Waals surface area (Å²) in [6.45, 7) is 2.05. The lowest BCUT2D eigenvalue weighted by Gasteiger charge is -2.20. The molecule has 0 spiro atoms. The highest BCUT2D eigenvalue weighted by Crippen LogP contribution is 2.31. The molecule has 0 saturated carbocycles. The second-order valence-electron chi connectivity index (χ2n) is 5.55. The number of hydrogen-bond donors (Lipinski definition) is 1. The molecule has 0 unspecified atom stereocenters. The van der Waals surface area contributed by atoms with Gasteiger partial charge in [0.1, 0.15) is 5.75 Å². The van der Waals surface area contributed by atoms with Gasteiger partial charge >= 0.3 is 6.36 Å². The zero-order valence-corrected chi connectivity index (χ0v) is 13.2. The van der Waals surface area contributed by atoms with E-state index < -0.39 is 6.36 Å². The Bertz CT molecular complexity index is 651. The number of piperidine rings is 1. The van der Waals surface area contributed by atoms with Crippen LogP contribution < -0.4 is 10.1 Å². The standard InChI is InChI=1S/C16H17F3N2OS/c17-16(18,19)22-13-3-1-2-11(8-13)9-15-21-10-14(23-15)12-4-6-20-7-5-12/h1-3,8,10,12,20H,4-7,9H2. The van der Waals surface area contributed by atoms with Gasteiger partial charge in [0.25, 0.3) is 0 Å². The highest BCUT2D eigenvalue weighted by Gasteiger charge is 2.31. The molecule has 1 saturated heterocycles. The molecule has 1 fully saturated rings. The molecular weight excluding hydrogens is 325 g/mol. The maximum absolute atomic E-state index is 12.3. The van der Waals surface area contributed by atoms with Crippen LogP contribution in [0.1, 0.15) is 34.2 Å². The summed E-state index contributed by atoms with van der Waals surface area (Å²) in [6.07, 6.45) is -0.0220. The molecule has 0 radical (unpaired) electrons. The van der Waals surface area contributed by atoms with E-state index in [1.807, 2.05) is 6.20 Å². The molecular formula is C16H17F3N2OS. The number of ether oxygens (including phenoxy) is 1. The van der Waals surface area contributed by atoms with Crippen molar-refractivity contribution < 1.29 is 17.9 Å². The van der Waals surface area contributed by atoms with Crippen LogP contribution in [0.3, 0.4) is 0 Å². The van der Waals surface area contributed by atoms with E-state index in [4.69, 9.17) is 0 Å². The SMILES string of the molecule is FC(F)(F)Oc1cccc(Cc2ncc(C3CCNCC3)s2)c1. The monoisotopic (exact) mass is 342 g/mol. The first-order valence-corrected chi connectivity index (χ1v) is 8.31. The minimum atomic E-state index is -4.66. The van der Waals surface area contributed by atoms with Crippen LogP contribution in [0.25, 0.3) is 0 Å². The molecule has 3 nitrogen and oxygen atoms in total. The van der Waals surface area contributed by atoms with Crippen molar-refractivity contribution in [2.45, 2.75) is 31.5 Å². The van der Waals surface area contributed by atoms with Crippen molar-refractivity contribution in [3.63, 3.8) is 0 Å². The van der Waals surface area contributed by atoms with E-state index in [1.54, 1.807) is 23.5 Å². The maximum atomic E-state index is 12.3. The number of rotatable bonds is 4. The Labute approximate surface area is 136 Å². The number of hydrogen-bond acceptors (Lipinski definition) is 4. The normalized spacial score (nSPS) is 16.5. The van der Waals surface area contributed by atoms with Gasteiger partial charge in [-0.15, -0.1) is 24.5 Å². The van der Waals surface area contributed by atoms with E-state index in [-0.39, 0.29) is 5.75 Å². The van der Waals surface area contributed by atoms with Gasteiger partial charge in [0.05, 0.1) is 5.01 Å². The summed E-state index contributed by atoms with van der Waals surface area (Å²) < 4.78 is 40.8. The quantitative estimate of drug-likeness (QED) is 0.908. The minimum absolute atomic E-state index is 0.190. The predicted octanol–water partition coefficient (Wildman–Crippen LogP) is 4.10. The van der Waals surface area contributed by atoms with Gasteiger partial charge in [-0.2, -0.15) is 0 Å². The Kier molecular flexibility index (Phi) is 4.87. The van der Waals surface area contributed by atoms with Crippen LogP contribution in [-0.2, 0) is 6.42 Å². The molecule has 0 atom stereocenters. The molecule has 1 aliphatic heterocycles. The van der Waals surface area contributed by atoms with E-state index in [0.29, 0.717) is 12.3 Å². The van der Waals surface area contributed by atoms with Gasteiger partial charge in [-0.05, 0) is 49.5 Å². The highest BCUT2D eigenvalue weighted by molar-refractivity contribution is 7.11. The summed E-state index contributed by atoms with van der Waals surface area (Å²) in [5, 5.41) is 4.25. The average molecular weight is 342 g/mol. The summed E-state index contributed by atoms with van der Waals surface area (Å²) in [5.41, 5.74) is 0.762. The number of nitrogens with zero attached hydrogens (tertiary/aromatic N) is 1. The third-order valence-electron chi connectivity index (χ3n) is 3.80. The Balaban J connectivity index is 1.67. The van der Waals surface area contributed by atoms with Crippen molar-refractivity contribution in [3.05, 3.63) is 45.9 Å². The first kappa shape index (κ1) is 16.3.